The fourth-order valence-electron chi connectivity index (χ4n) is 2.90. The average molecular weight is 308 g/mol. The van der Waals surface area contributed by atoms with E-state index in [-0.39, 0.29) is 0 Å². The molecule has 21 heavy (non-hydrogen) atoms. The summed E-state index contributed by atoms with van der Waals surface area (Å²) in [7, 11) is 1.74. The molecule has 1 aliphatic heterocycles. The molecular formula is C17H28N2OS. The first-order valence-electron chi connectivity index (χ1n) is 7.71. The van der Waals surface area contributed by atoms with Crippen molar-refractivity contribution in [1.82, 2.24) is 4.90 Å². The number of hydrogen-bond donors (Lipinski definition) is 1. The number of nitrogens with zero attached hydrogens (tertiary/aromatic N) is 1. The lowest BCUT2D eigenvalue weighted by Crippen LogP contribution is -2.36. The van der Waals surface area contributed by atoms with Crippen LogP contribution >= 0.6 is 11.8 Å². The molecule has 2 N–H and O–H groups in total. The van der Waals surface area contributed by atoms with Crippen LogP contribution < -0.4 is 5.73 Å². The normalized spacial score (nSPS) is 21.0. The van der Waals surface area contributed by atoms with Gasteiger partial charge in [-0.1, -0.05) is 38.1 Å². The molecule has 0 amide bonds. The second-order valence-corrected chi connectivity index (χ2v) is 8.13. The van der Waals surface area contributed by atoms with Crippen LogP contribution in [0.2, 0.25) is 0 Å². The van der Waals surface area contributed by atoms with Crippen LogP contribution in [-0.4, -0.2) is 42.1 Å². The third-order valence-corrected chi connectivity index (χ3v) is 5.56. The molecule has 0 spiro atoms. The molecule has 1 aliphatic rings. The zero-order chi connectivity index (χ0) is 15.3. The Hall–Kier alpha value is -0.550. The number of nitrogens with two attached hydrogens (primary N) is 1. The number of methoxy groups -OCH3 is 1. The second kappa shape index (κ2) is 7.63. The molecule has 1 aromatic rings. The highest BCUT2D eigenvalue weighted by molar-refractivity contribution is 8.00. The molecule has 0 saturated carbocycles. The molecule has 1 atom stereocenters. The summed E-state index contributed by atoms with van der Waals surface area (Å²) in [4.78, 5) is 2.55. The lowest BCUT2D eigenvalue weighted by molar-refractivity contribution is 0.184. The first-order chi connectivity index (χ1) is 10.1. The molecule has 118 valence electrons. The van der Waals surface area contributed by atoms with E-state index >= 15 is 0 Å². The summed E-state index contributed by atoms with van der Waals surface area (Å²) in [6.45, 7) is 8.26. The summed E-state index contributed by atoms with van der Waals surface area (Å²) < 4.78 is 5.62. The van der Waals surface area contributed by atoms with E-state index in [1.807, 2.05) is 0 Å². The highest BCUT2D eigenvalue weighted by atomic mass is 32.2. The van der Waals surface area contributed by atoms with Gasteiger partial charge in [0.2, 0.25) is 0 Å². The topological polar surface area (TPSA) is 38.5 Å². The SMILES string of the molecule is COCc1cccc(C(CN)N2CCSC(C)(C)CC2)c1. The largest absolute Gasteiger partial charge is 0.380 e. The van der Waals surface area contributed by atoms with Gasteiger partial charge in [0.05, 0.1) is 6.61 Å². The van der Waals surface area contributed by atoms with Gasteiger partial charge in [-0.2, -0.15) is 11.8 Å². The number of rotatable bonds is 5. The van der Waals surface area contributed by atoms with Crippen molar-refractivity contribution in [3.8, 4) is 0 Å². The molecular weight excluding hydrogens is 280 g/mol. The van der Waals surface area contributed by atoms with Crippen LogP contribution in [0.25, 0.3) is 0 Å². The highest BCUT2D eigenvalue weighted by Crippen LogP contribution is 2.33. The fourth-order valence-corrected chi connectivity index (χ4v) is 4.01. The number of ether oxygens (including phenoxy) is 1. The van der Waals surface area contributed by atoms with E-state index in [1.54, 1.807) is 7.11 Å². The van der Waals surface area contributed by atoms with Gasteiger partial charge in [-0.3, -0.25) is 4.90 Å². The minimum absolute atomic E-state index is 0.316. The Morgan fingerprint density at radius 2 is 2.19 bits per heavy atom. The van der Waals surface area contributed by atoms with Gasteiger partial charge in [0.15, 0.2) is 0 Å². The molecule has 3 nitrogen and oxygen atoms in total. The van der Waals surface area contributed by atoms with Crippen LogP contribution in [0.1, 0.15) is 37.4 Å². The van der Waals surface area contributed by atoms with Crippen LogP contribution in [0.5, 0.6) is 0 Å². The van der Waals surface area contributed by atoms with E-state index in [9.17, 15) is 0 Å². The summed E-state index contributed by atoms with van der Waals surface area (Å²) in [6, 6.07) is 8.98. The van der Waals surface area contributed by atoms with Crippen LogP contribution in [0.3, 0.4) is 0 Å². The third kappa shape index (κ3) is 4.71. The maximum atomic E-state index is 6.10. The Morgan fingerprint density at radius 3 is 2.90 bits per heavy atom. The van der Waals surface area contributed by atoms with Crippen molar-refractivity contribution in [2.24, 2.45) is 5.73 Å². The lowest BCUT2D eigenvalue weighted by Gasteiger charge is -2.30. The van der Waals surface area contributed by atoms with E-state index in [0.717, 1.165) is 13.1 Å². The zero-order valence-electron chi connectivity index (χ0n) is 13.5. The van der Waals surface area contributed by atoms with Crippen molar-refractivity contribution in [3.05, 3.63) is 35.4 Å². The van der Waals surface area contributed by atoms with Gasteiger partial charge in [0.1, 0.15) is 0 Å². The first-order valence-corrected chi connectivity index (χ1v) is 8.70. The van der Waals surface area contributed by atoms with Crippen LogP contribution in [0, 0.1) is 0 Å². The van der Waals surface area contributed by atoms with Crippen molar-refractivity contribution < 1.29 is 4.74 Å². The Balaban J connectivity index is 2.13. The van der Waals surface area contributed by atoms with Crippen molar-refractivity contribution in [2.75, 3.05) is 32.5 Å². The van der Waals surface area contributed by atoms with Crippen molar-refractivity contribution in [2.45, 2.75) is 37.7 Å². The molecule has 4 heteroatoms. The quantitative estimate of drug-likeness (QED) is 0.907. The van der Waals surface area contributed by atoms with Gasteiger partial charge in [0.25, 0.3) is 0 Å². The Morgan fingerprint density at radius 1 is 1.38 bits per heavy atom. The predicted octanol–water partition coefficient (Wildman–Crippen LogP) is 3.05. The molecule has 1 saturated heterocycles. The molecule has 0 aliphatic carbocycles. The number of benzene rings is 1. The molecule has 1 aromatic carbocycles. The van der Waals surface area contributed by atoms with Crippen LogP contribution in [-0.2, 0) is 11.3 Å². The second-order valence-electron chi connectivity index (χ2n) is 6.32. The maximum Gasteiger partial charge on any atom is 0.0713 e. The van der Waals surface area contributed by atoms with Crippen molar-refractivity contribution in [3.63, 3.8) is 0 Å². The van der Waals surface area contributed by atoms with E-state index < -0.39 is 0 Å². The molecule has 0 aromatic heterocycles. The van der Waals surface area contributed by atoms with Gasteiger partial charge in [-0.05, 0) is 17.5 Å². The van der Waals surface area contributed by atoms with Gasteiger partial charge >= 0.3 is 0 Å². The first kappa shape index (κ1) is 16.8. The fraction of sp³-hybridized carbons (Fsp3) is 0.647. The average Bonchev–Trinajstić information content (AvgIpc) is 2.62. The van der Waals surface area contributed by atoms with Gasteiger partial charge in [0, 0.05) is 43.3 Å². The number of hydrogen-bond acceptors (Lipinski definition) is 4. The van der Waals surface area contributed by atoms with Crippen molar-refractivity contribution in [1.29, 1.82) is 0 Å². The van der Waals surface area contributed by atoms with E-state index in [1.165, 1.54) is 23.3 Å². The molecule has 1 heterocycles. The lowest BCUT2D eigenvalue weighted by atomic mass is 10.0. The van der Waals surface area contributed by atoms with Gasteiger partial charge in [-0.15, -0.1) is 0 Å². The van der Waals surface area contributed by atoms with Crippen LogP contribution in [0.4, 0.5) is 0 Å². The Labute approximate surface area is 133 Å². The summed E-state index contributed by atoms with van der Waals surface area (Å²) in [5.41, 5.74) is 8.64. The summed E-state index contributed by atoms with van der Waals surface area (Å²) in [6.07, 6.45) is 1.21. The maximum absolute atomic E-state index is 6.10. The zero-order valence-corrected chi connectivity index (χ0v) is 14.3. The number of thioether (sulfide) groups is 1. The minimum atomic E-state index is 0.316. The molecule has 1 fully saturated rings. The summed E-state index contributed by atoms with van der Waals surface area (Å²) in [5.74, 6) is 1.18. The monoisotopic (exact) mass is 308 g/mol. The van der Waals surface area contributed by atoms with Crippen LogP contribution in [0.15, 0.2) is 24.3 Å². The smallest absolute Gasteiger partial charge is 0.0713 e. The van der Waals surface area contributed by atoms with Crippen molar-refractivity contribution >= 4 is 11.8 Å². The minimum Gasteiger partial charge on any atom is -0.380 e. The van der Waals surface area contributed by atoms with Gasteiger partial charge < -0.3 is 10.5 Å². The highest BCUT2D eigenvalue weighted by Gasteiger charge is 2.27. The third-order valence-electron chi connectivity index (χ3n) is 4.18. The standard InChI is InChI=1S/C17H28N2OS/c1-17(2)7-8-19(9-10-21-17)16(12-18)15-6-4-5-14(11-15)13-20-3/h4-6,11,16H,7-10,12-13,18H2,1-3H3. The molecule has 0 radical (unpaired) electrons. The molecule has 2 rings (SSSR count). The predicted molar refractivity (Wildman–Crippen MR) is 91.7 cm³/mol. The Kier molecular flexibility index (Phi) is 6.11. The van der Waals surface area contributed by atoms with E-state index in [4.69, 9.17) is 10.5 Å². The molecule has 0 bridgehead atoms. The Bertz CT molecular complexity index is 450. The van der Waals surface area contributed by atoms with E-state index in [2.05, 4.69) is 54.8 Å². The summed E-state index contributed by atoms with van der Waals surface area (Å²) in [5, 5.41) is 0. The summed E-state index contributed by atoms with van der Waals surface area (Å²) >= 11 is 2.08. The molecule has 1 unspecified atom stereocenters. The van der Waals surface area contributed by atoms with Gasteiger partial charge in [-0.25, -0.2) is 0 Å². The van der Waals surface area contributed by atoms with E-state index in [0.29, 0.717) is 23.9 Å².